The molecule has 0 radical (unpaired) electrons. The minimum Gasteiger partial charge on any atom is -0.508 e. The average Bonchev–Trinajstić information content (AvgIpc) is 2.85. The van der Waals surface area contributed by atoms with Gasteiger partial charge in [-0.15, -0.1) is 0 Å². The van der Waals surface area contributed by atoms with Crippen LogP contribution in [-0.2, 0) is 16.0 Å². The van der Waals surface area contributed by atoms with E-state index in [9.17, 15) is 20.1 Å². The van der Waals surface area contributed by atoms with E-state index >= 15 is 0 Å². The molecule has 1 aromatic rings. The summed E-state index contributed by atoms with van der Waals surface area (Å²) in [5.41, 5.74) is -0.644. The van der Waals surface area contributed by atoms with Crippen molar-refractivity contribution in [1.82, 2.24) is 0 Å². The molecule has 158 valence electrons. The Morgan fingerprint density at radius 1 is 1.07 bits per heavy atom. The lowest BCUT2D eigenvalue weighted by Gasteiger charge is -2.34. The van der Waals surface area contributed by atoms with Crippen molar-refractivity contribution in [1.29, 1.82) is 0 Å². The summed E-state index contributed by atoms with van der Waals surface area (Å²) in [4.78, 5) is 11.4. The van der Waals surface area contributed by atoms with Crippen molar-refractivity contribution in [3.8, 4) is 5.75 Å². The summed E-state index contributed by atoms with van der Waals surface area (Å²) in [6.07, 6.45) is 9.10. The quantitative estimate of drug-likeness (QED) is 0.365. The van der Waals surface area contributed by atoms with Crippen LogP contribution < -0.4 is 0 Å². The molecule has 5 heteroatoms. The van der Waals surface area contributed by atoms with Crippen molar-refractivity contribution in [2.24, 2.45) is 0 Å². The molecule has 0 aliphatic carbocycles. The third-order valence-corrected chi connectivity index (χ3v) is 5.76. The second-order valence-corrected chi connectivity index (χ2v) is 8.82. The van der Waals surface area contributed by atoms with Crippen LogP contribution in [-0.4, -0.2) is 38.6 Å². The molecule has 1 fully saturated rings. The molecule has 0 bridgehead atoms. The van der Waals surface area contributed by atoms with E-state index in [2.05, 4.69) is 0 Å². The van der Waals surface area contributed by atoms with Crippen molar-refractivity contribution >= 4 is 5.97 Å². The van der Waals surface area contributed by atoms with Crippen LogP contribution >= 0.6 is 0 Å². The summed E-state index contributed by atoms with van der Waals surface area (Å²) in [6, 6.07) is 7.43. The van der Waals surface area contributed by atoms with Gasteiger partial charge in [0.05, 0.1) is 12.0 Å². The van der Waals surface area contributed by atoms with E-state index in [-0.39, 0.29) is 12.8 Å². The van der Waals surface area contributed by atoms with Gasteiger partial charge in [-0.3, -0.25) is 4.79 Å². The van der Waals surface area contributed by atoms with Crippen LogP contribution in [0.15, 0.2) is 24.3 Å². The number of aliphatic hydroxyl groups is 2. The number of carbonyl (C=O) groups excluding carboxylic acids is 1. The highest BCUT2D eigenvalue weighted by Gasteiger charge is 2.48. The number of rotatable bonds is 12. The number of hydrogen-bond acceptors (Lipinski definition) is 5. The van der Waals surface area contributed by atoms with Gasteiger partial charge in [0.1, 0.15) is 17.5 Å². The minimum absolute atomic E-state index is 0.0132. The largest absolute Gasteiger partial charge is 0.508 e. The Balaban J connectivity index is 1.51. The zero-order valence-electron chi connectivity index (χ0n) is 17.3. The van der Waals surface area contributed by atoms with Crippen molar-refractivity contribution in [3.05, 3.63) is 29.8 Å². The molecule has 2 rings (SSSR count). The fourth-order valence-corrected chi connectivity index (χ4v) is 4.12. The summed E-state index contributed by atoms with van der Waals surface area (Å²) in [6.45, 7) is 3.47. The van der Waals surface area contributed by atoms with Crippen molar-refractivity contribution in [2.45, 2.75) is 102 Å². The number of aryl methyl sites for hydroxylation is 1. The molecule has 1 aromatic carbocycles. The van der Waals surface area contributed by atoms with Crippen molar-refractivity contribution in [3.63, 3.8) is 0 Å². The standard InChI is InChI=1S/C23H36O5/c1-22(27,17-23(2)20(25)16-21(26)28-23)15-9-7-5-3-4-6-8-10-18-11-13-19(24)14-12-18/h11-14,20,24-25,27H,3-10,15-17H2,1-2H3. The zero-order valence-corrected chi connectivity index (χ0v) is 17.3. The fraction of sp³-hybridized carbons (Fsp3) is 0.696. The van der Waals surface area contributed by atoms with Gasteiger partial charge in [0.25, 0.3) is 0 Å². The summed E-state index contributed by atoms with van der Waals surface area (Å²) in [5.74, 6) is -0.0755. The van der Waals surface area contributed by atoms with E-state index in [1.54, 1.807) is 26.0 Å². The molecule has 1 saturated heterocycles. The molecule has 3 atom stereocenters. The SMILES string of the molecule is CC(O)(CCCCCCCCCc1ccc(O)cc1)CC1(C)OC(=O)CC1O. The summed E-state index contributed by atoms with van der Waals surface area (Å²) in [7, 11) is 0. The Labute approximate surface area is 168 Å². The first kappa shape index (κ1) is 22.7. The lowest BCUT2D eigenvalue weighted by atomic mass is 9.83. The third kappa shape index (κ3) is 7.44. The number of hydrogen-bond donors (Lipinski definition) is 3. The Kier molecular flexibility index (Phi) is 8.32. The number of cyclic esters (lactones) is 1. The van der Waals surface area contributed by atoms with Gasteiger partial charge in [0, 0.05) is 6.42 Å². The fourth-order valence-electron chi connectivity index (χ4n) is 4.12. The highest BCUT2D eigenvalue weighted by molar-refractivity contribution is 5.73. The number of carbonyl (C=O) groups is 1. The van der Waals surface area contributed by atoms with Gasteiger partial charge in [-0.25, -0.2) is 0 Å². The Bertz CT molecular complexity index is 610. The normalized spacial score (nSPS) is 24.1. The van der Waals surface area contributed by atoms with Gasteiger partial charge >= 0.3 is 5.97 Å². The maximum Gasteiger partial charge on any atom is 0.309 e. The Morgan fingerprint density at radius 3 is 2.21 bits per heavy atom. The molecule has 5 nitrogen and oxygen atoms in total. The molecular formula is C23H36O5. The van der Waals surface area contributed by atoms with Crippen LogP contribution in [0.5, 0.6) is 5.75 Å². The third-order valence-electron chi connectivity index (χ3n) is 5.76. The molecule has 28 heavy (non-hydrogen) atoms. The number of aromatic hydroxyl groups is 1. The summed E-state index contributed by atoms with van der Waals surface area (Å²) < 4.78 is 5.26. The maximum atomic E-state index is 11.4. The smallest absolute Gasteiger partial charge is 0.309 e. The molecular weight excluding hydrogens is 356 g/mol. The van der Waals surface area contributed by atoms with Crippen LogP contribution in [0.1, 0.15) is 83.6 Å². The van der Waals surface area contributed by atoms with E-state index in [0.29, 0.717) is 12.2 Å². The predicted octanol–water partition coefficient (Wildman–Crippen LogP) is 4.26. The van der Waals surface area contributed by atoms with E-state index in [0.717, 1.165) is 25.7 Å². The molecule has 3 unspecified atom stereocenters. The van der Waals surface area contributed by atoms with E-state index in [4.69, 9.17) is 4.74 Å². The second kappa shape index (κ2) is 10.3. The molecule has 1 aliphatic heterocycles. The van der Waals surface area contributed by atoms with Crippen LogP contribution in [0.4, 0.5) is 0 Å². The average molecular weight is 393 g/mol. The maximum absolute atomic E-state index is 11.4. The van der Waals surface area contributed by atoms with Gasteiger partial charge in [0.15, 0.2) is 0 Å². The molecule has 0 saturated carbocycles. The van der Waals surface area contributed by atoms with Crippen LogP contribution in [0.25, 0.3) is 0 Å². The van der Waals surface area contributed by atoms with E-state index in [1.807, 2.05) is 12.1 Å². The number of ether oxygens (including phenoxy) is 1. The predicted molar refractivity (Wildman–Crippen MR) is 109 cm³/mol. The number of aliphatic hydroxyl groups excluding tert-OH is 1. The topological polar surface area (TPSA) is 87.0 Å². The number of phenolic OH excluding ortho intramolecular Hbond substituents is 1. The monoisotopic (exact) mass is 392 g/mol. The van der Waals surface area contributed by atoms with Gasteiger partial charge in [-0.05, 0) is 50.8 Å². The summed E-state index contributed by atoms with van der Waals surface area (Å²) in [5, 5.41) is 29.9. The molecule has 0 spiro atoms. The highest BCUT2D eigenvalue weighted by Crippen LogP contribution is 2.36. The first-order valence-corrected chi connectivity index (χ1v) is 10.6. The lowest BCUT2D eigenvalue weighted by molar-refractivity contribution is -0.155. The summed E-state index contributed by atoms with van der Waals surface area (Å²) >= 11 is 0. The molecule has 1 heterocycles. The Morgan fingerprint density at radius 2 is 1.64 bits per heavy atom. The molecule has 0 aromatic heterocycles. The first-order chi connectivity index (χ1) is 13.2. The lowest BCUT2D eigenvalue weighted by Crippen LogP contribution is -2.44. The minimum atomic E-state index is -0.974. The molecule has 3 N–H and O–H groups in total. The van der Waals surface area contributed by atoms with Crippen LogP contribution in [0.3, 0.4) is 0 Å². The zero-order chi connectivity index (χ0) is 20.6. The number of benzene rings is 1. The van der Waals surface area contributed by atoms with Crippen LogP contribution in [0, 0.1) is 0 Å². The first-order valence-electron chi connectivity index (χ1n) is 10.6. The number of phenols is 1. The van der Waals surface area contributed by atoms with Gasteiger partial charge in [0.2, 0.25) is 0 Å². The van der Waals surface area contributed by atoms with Gasteiger partial charge in [-0.1, -0.05) is 50.7 Å². The molecule has 0 amide bonds. The number of esters is 1. The molecule has 1 aliphatic rings. The van der Waals surface area contributed by atoms with Gasteiger partial charge < -0.3 is 20.1 Å². The van der Waals surface area contributed by atoms with Crippen molar-refractivity contribution in [2.75, 3.05) is 0 Å². The van der Waals surface area contributed by atoms with E-state index < -0.39 is 23.3 Å². The number of unbranched alkanes of at least 4 members (excludes halogenated alkanes) is 6. The van der Waals surface area contributed by atoms with Gasteiger partial charge in [-0.2, -0.15) is 0 Å². The van der Waals surface area contributed by atoms with E-state index in [1.165, 1.54) is 31.2 Å². The van der Waals surface area contributed by atoms with Crippen LogP contribution in [0.2, 0.25) is 0 Å². The highest BCUT2D eigenvalue weighted by atomic mass is 16.6. The Hall–Kier alpha value is -1.59. The van der Waals surface area contributed by atoms with Crippen molar-refractivity contribution < 1.29 is 24.9 Å². The second-order valence-electron chi connectivity index (χ2n) is 8.82.